The Bertz CT molecular complexity index is 455. The van der Waals surface area contributed by atoms with Gasteiger partial charge < -0.3 is 9.84 Å². The lowest BCUT2D eigenvalue weighted by atomic mass is 9.93. The van der Waals surface area contributed by atoms with E-state index in [2.05, 4.69) is 4.90 Å². The van der Waals surface area contributed by atoms with Crippen LogP contribution in [0.5, 0.6) is 5.75 Å². The maximum absolute atomic E-state index is 12.5. The van der Waals surface area contributed by atoms with E-state index >= 15 is 0 Å². The molecule has 1 aromatic carbocycles. The van der Waals surface area contributed by atoms with Crippen molar-refractivity contribution in [3.8, 4) is 5.75 Å². The Morgan fingerprint density at radius 1 is 1.33 bits per heavy atom. The van der Waals surface area contributed by atoms with Gasteiger partial charge in [0.1, 0.15) is 5.75 Å². The van der Waals surface area contributed by atoms with Crippen LogP contribution in [0.1, 0.15) is 42.5 Å². The number of nitrogens with zero attached hydrogens (tertiary/aromatic N) is 1. The molecule has 0 saturated heterocycles. The molecule has 0 heterocycles. The van der Waals surface area contributed by atoms with Gasteiger partial charge in [0, 0.05) is 18.2 Å². The number of hydrogen-bond donors (Lipinski definition) is 1. The fourth-order valence-electron chi connectivity index (χ4n) is 3.04. The van der Waals surface area contributed by atoms with Gasteiger partial charge in [0.05, 0.1) is 20.3 Å². The van der Waals surface area contributed by atoms with E-state index in [1.165, 1.54) is 19.3 Å². The van der Waals surface area contributed by atoms with E-state index in [9.17, 15) is 9.90 Å². The van der Waals surface area contributed by atoms with Gasteiger partial charge in [-0.05, 0) is 25.0 Å². The van der Waals surface area contributed by atoms with Crippen LogP contribution in [0.25, 0.3) is 0 Å². The molecular weight excluding hydrogens is 266 g/mol. The van der Waals surface area contributed by atoms with Crippen LogP contribution in [-0.2, 0) is 0 Å². The predicted octanol–water partition coefficient (Wildman–Crippen LogP) is 2.50. The van der Waals surface area contributed by atoms with Crippen molar-refractivity contribution in [2.45, 2.75) is 38.1 Å². The Morgan fingerprint density at radius 2 is 2.10 bits per heavy atom. The van der Waals surface area contributed by atoms with Crippen molar-refractivity contribution < 1.29 is 14.6 Å². The minimum absolute atomic E-state index is 0.0907. The van der Waals surface area contributed by atoms with E-state index in [-0.39, 0.29) is 12.4 Å². The normalized spacial score (nSPS) is 16.1. The highest BCUT2D eigenvalue weighted by Gasteiger charge is 2.23. The molecule has 0 unspecified atom stereocenters. The molecule has 1 aliphatic carbocycles. The number of ketones is 1. The maximum atomic E-state index is 12.5. The van der Waals surface area contributed by atoms with Crippen molar-refractivity contribution in [1.29, 1.82) is 0 Å². The highest BCUT2D eigenvalue weighted by atomic mass is 16.5. The lowest BCUT2D eigenvalue weighted by Crippen LogP contribution is -2.41. The molecule has 1 N–H and O–H groups in total. The molecule has 0 amide bonds. The molecule has 1 aliphatic rings. The summed E-state index contributed by atoms with van der Waals surface area (Å²) in [5.74, 6) is 0.792. The first-order chi connectivity index (χ1) is 10.2. The maximum Gasteiger partial charge on any atom is 0.176 e. The summed E-state index contributed by atoms with van der Waals surface area (Å²) >= 11 is 0. The van der Waals surface area contributed by atoms with Crippen LogP contribution >= 0.6 is 0 Å². The molecular formula is C17H25NO3. The zero-order chi connectivity index (χ0) is 15.1. The van der Waals surface area contributed by atoms with Crippen LogP contribution in [-0.4, -0.2) is 48.6 Å². The third-order valence-electron chi connectivity index (χ3n) is 4.22. The summed E-state index contributed by atoms with van der Waals surface area (Å²) in [7, 11) is 1.60. The van der Waals surface area contributed by atoms with Crippen molar-refractivity contribution in [1.82, 2.24) is 4.90 Å². The smallest absolute Gasteiger partial charge is 0.176 e. The number of hydrogen-bond acceptors (Lipinski definition) is 4. The molecule has 0 aromatic heterocycles. The molecule has 1 fully saturated rings. The van der Waals surface area contributed by atoms with Crippen LogP contribution in [0, 0.1) is 0 Å². The first kappa shape index (κ1) is 16.0. The minimum atomic E-state index is 0.0907. The van der Waals surface area contributed by atoms with Gasteiger partial charge >= 0.3 is 0 Å². The summed E-state index contributed by atoms with van der Waals surface area (Å²) in [5.41, 5.74) is 0.674. The number of carbonyl (C=O) groups is 1. The second kappa shape index (κ2) is 8.15. The van der Waals surface area contributed by atoms with Crippen LogP contribution < -0.4 is 4.74 Å². The Labute approximate surface area is 126 Å². The quantitative estimate of drug-likeness (QED) is 0.784. The third-order valence-corrected chi connectivity index (χ3v) is 4.22. The Balaban J connectivity index is 2.02. The molecule has 1 saturated carbocycles. The summed E-state index contributed by atoms with van der Waals surface area (Å²) < 4.78 is 5.17. The number of aliphatic hydroxyl groups excluding tert-OH is 1. The Morgan fingerprint density at radius 3 is 2.76 bits per heavy atom. The SMILES string of the molecule is COc1cccc(C(=O)CN(CCO)C2CCCCC2)c1. The van der Waals surface area contributed by atoms with Crippen LogP contribution in [0.15, 0.2) is 24.3 Å². The van der Waals surface area contributed by atoms with Gasteiger partial charge in [-0.3, -0.25) is 9.69 Å². The topological polar surface area (TPSA) is 49.8 Å². The van der Waals surface area contributed by atoms with Gasteiger partial charge in [0.25, 0.3) is 0 Å². The largest absolute Gasteiger partial charge is 0.497 e. The van der Waals surface area contributed by atoms with Crippen molar-refractivity contribution >= 4 is 5.78 Å². The number of rotatable bonds is 7. The molecule has 4 nitrogen and oxygen atoms in total. The van der Waals surface area contributed by atoms with Crippen molar-refractivity contribution in [3.05, 3.63) is 29.8 Å². The molecule has 0 bridgehead atoms. The van der Waals surface area contributed by atoms with Crippen LogP contribution in [0.4, 0.5) is 0 Å². The lowest BCUT2D eigenvalue weighted by Gasteiger charge is -2.33. The third kappa shape index (κ3) is 4.55. The molecule has 4 heteroatoms. The number of aliphatic hydroxyl groups is 1. The van der Waals surface area contributed by atoms with E-state index in [0.717, 1.165) is 12.8 Å². The van der Waals surface area contributed by atoms with E-state index in [1.807, 2.05) is 18.2 Å². The van der Waals surface area contributed by atoms with Gasteiger partial charge in [0.15, 0.2) is 5.78 Å². The molecule has 0 radical (unpaired) electrons. The number of ether oxygens (including phenoxy) is 1. The van der Waals surface area contributed by atoms with Crippen molar-refractivity contribution in [3.63, 3.8) is 0 Å². The first-order valence-electron chi connectivity index (χ1n) is 7.76. The summed E-state index contributed by atoms with van der Waals surface area (Å²) in [4.78, 5) is 14.6. The van der Waals surface area contributed by atoms with E-state index < -0.39 is 0 Å². The molecule has 21 heavy (non-hydrogen) atoms. The van der Waals surface area contributed by atoms with Crippen LogP contribution in [0.2, 0.25) is 0 Å². The minimum Gasteiger partial charge on any atom is -0.497 e. The highest BCUT2D eigenvalue weighted by Crippen LogP contribution is 2.23. The average Bonchev–Trinajstić information content (AvgIpc) is 2.55. The number of benzene rings is 1. The van der Waals surface area contributed by atoms with Crippen molar-refractivity contribution in [2.24, 2.45) is 0 Å². The molecule has 2 rings (SSSR count). The summed E-state index contributed by atoms with van der Waals surface area (Å²) in [6, 6.07) is 7.70. The molecule has 0 aliphatic heterocycles. The van der Waals surface area contributed by atoms with E-state index in [4.69, 9.17) is 4.74 Å². The molecule has 1 aromatic rings. The zero-order valence-corrected chi connectivity index (χ0v) is 12.8. The fraction of sp³-hybridized carbons (Fsp3) is 0.588. The number of methoxy groups -OCH3 is 1. The molecule has 0 spiro atoms. The number of carbonyl (C=O) groups excluding carboxylic acids is 1. The zero-order valence-electron chi connectivity index (χ0n) is 12.8. The first-order valence-corrected chi connectivity index (χ1v) is 7.76. The van der Waals surface area contributed by atoms with E-state index in [0.29, 0.717) is 30.4 Å². The highest BCUT2D eigenvalue weighted by molar-refractivity contribution is 5.98. The second-order valence-electron chi connectivity index (χ2n) is 5.64. The summed E-state index contributed by atoms with van der Waals surface area (Å²) in [6.45, 7) is 1.04. The van der Waals surface area contributed by atoms with Crippen molar-refractivity contribution in [2.75, 3.05) is 26.8 Å². The summed E-state index contributed by atoms with van der Waals surface area (Å²) in [5, 5.41) is 9.26. The predicted molar refractivity (Wildman–Crippen MR) is 82.9 cm³/mol. The average molecular weight is 291 g/mol. The van der Waals surface area contributed by atoms with Gasteiger partial charge in [0.2, 0.25) is 0 Å². The van der Waals surface area contributed by atoms with Gasteiger partial charge in [-0.2, -0.15) is 0 Å². The van der Waals surface area contributed by atoms with Crippen LogP contribution in [0.3, 0.4) is 0 Å². The number of Topliss-reactive ketones (excluding diaryl/α,β-unsaturated/α-hetero) is 1. The lowest BCUT2D eigenvalue weighted by molar-refractivity contribution is 0.0814. The van der Waals surface area contributed by atoms with Gasteiger partial charge in [-0.1, -0.05) is 31.4 Å². The van der Waals surface area contributed by atoms with Gasteiger partial charge in [-0.15, -0.1) is 0 Å². The molecule has 116 valence electrons. The van der Waals surface area contributed by atoms with Gasteiger partial charge in [-0.25, -0.2) is 0 Å². The fourth-order valence-corrected chi connectivity index (χ4v) is 3.04. The Kier molecular flexibility index (Phi) is 6.21. The second-order valence-corrected chi connectivity index (χ2v) is 5.64. The monoisotopic (exact) mass is 291 g/mol. The standard InChI is InChI=1S/C17H25NO3/c1-21-16-9-5-6-14(12-16)17(20)13-18(10-11-19)15-7-3-2-4-8-15/h5-6,9,12,15,19H,2-4,7-8,10-11,13H2,1H3. The molecule has 0 atom stereocenters. The Hall–Kier alpha value is -1.39. The summed E-state index contributed by atoms with van der Waals surface area (Å²) in [6.07, 6.45) is 5.99. The van der Waals surface area contributed by atoms with E-state index in [1.54, 1.807) is 13.2 Å².